The number of alkyl halides is 3. The van der Waals surface area contributed by atoms with Gasteiger partial charge in [0, 0.05) is 17.5 Å². The number of hydrogen-bond acceptors (Lipinski definition) is 7. The van der Waals surface area contributed by atoms with E-state index in [1.54, 1.807) is 12.1 Å². The zero-order valence-electron chi connectivity index (χ0n) is 33.8. The maximum atomic E-state index is 14.5. The zero-order chi connectivity index (χ0) is 41.1. The molecule has 8 nitrogen and oxygen atoms in total. The van der Waals surface area contributed by atoms with Crippen molar-refractivity contribution < 1.29 is 46.9 Å². The SMILES string of the molecule is CC1=CCCC2(C)C(CCC2(O)CN(Cc2ccc(OC(F)(F)F)cc2)C(=O)OC2CC(C)CCC2C(C)C)c2ccc(cc2C(=O)c2ccco2)CC(O)CC1. The number of hydrogen-bond donors (Lipinski definition) is 2. The normalized spacial score (nSPS) is 28.3. The number of fused-ring (bicyclic) bond motifs is 8. The smallest absolute Gasteiger partial charge is 0.461 e. The van der Waals surface area contributed by atoms with E-state index in [-0.39, 0.29) is 54.2 Å². The summed E-state index contributed by atoms with van der Waals surface area (Å²) in [6, 6.07) is 14.5. The summed E-state index contributed by atoms with van der Waals surface area (Å²) in [7, 11) is 0. The lowest BCUT2D eigenvalue weighted by Crippen LogP contribution is -2.54. The van der Waals surface area contributed by atoms with Crippen LogP contribution in [0.15, 0.2) is 76.9 Å². The van der Waals surface area contributed by atoms with Crippen LogP contribution in [-0.2, 0) is 17.7 Å². The van der Waals surface area contributed by atoms with E-state index < -0.39 is 29.6 Å². The molecule has 1 heterocycles. The van der Waals surface area contributed by atoms with Gasteiger partial charge in [-0.05, 0) is 135 Å². The van der Waals surface area contributed by atoms with E-state index in [1.807, 2.05) is 32.0 Å². The number of aliphatic hydroxyl groups excluding tert-OH is 1. The molecule has 7 rings (SSSR count). The first-order chi connectivity index (χ1) is 26.9. The molecule has 2 saturated carbocycles. The Hall–Kier alpha value is -4.09. The Balaban J connectivity index is 1.39. The highest BCUT2D eigenvalue weighted by Crippen LogP contribution is 2.59. The number of benzene rings is 2. The van der Waals surface area contributed by atoms with Crippen molar-refractivity contribution in [1.29, 1.82) is 0 Å². The van der Waals surface area contributed by atoms with Crippen LogP contribution >= 0.6 is 0 Å². The largest absolute Gasteiger partial charge is 0.573 e. The quantitative estimate of drug-likeness (QED) is 0.164. The van der Waals surface area contributed by atoms with Crippen LogP contribution in [0, 0.1) is 23.2 Å². The van der Waals surface area contributed by atoms with E-state index >= 15 is 0 Å². The Labute approximate surface area is 334 Å². The molecule has 57 heavy (non-hydrogen) atoms. The van der Waals surface area contributed by atoms with Crippen molar-refractivity contribution in [2.24, 2.45) is 23.2 Å². The fourth-order valence-corrected chi connectivity index (χ4v) is 9.71. The summed E-state index contributed by atoms with van der Waals surface area (Å²) in [5.74, 6) is 0.0824. The van der Waals surface area contributed by atoms with Crippen LogP contribution in [0.2, 0.25) is 0 Å². The molecule has 0 spiro atoms. The number of carbonyl (C=O) groups is 2. The molecule has 2 fully saturated rings. The summed E-state index contributed by atoms with van der Waals surface area (Å²) >= 11 is 0. The molecule has 3 aromatic rings. The lowest BCUT2D eigenvalue weighted by Gasteiger charge is -2.46. The molecule has 0 saturated heterocycles. The standard InChI is InChI=1S/C46H58F3NO7/c1-29(2)36-18-11-31(4)24-41(36)56-43(53)50(27-32-12-16-35(17-13-32)57-46(47,48)49)28-45(54)22-20-39-37-19-14-33(26-38(37)42(52)40-9-7-23-55-40)25-34(51)15-10-30(3)8-6-21-44(39,45)5/h7-9,12-14,16-17,19,23,26,29,31,34,36,39,41,51,54H,6,10-11,15,18,20-22,24-25,27-28H2,1-5H3. The summed E-state index contributed by atoms with van der Waals surface area (Å²) in [5, 5.41) is 24.1. The number of rotatable bonds is 9. The number of nitrogens with zero attached hydrogens (tertiary/aromatic N) is 1. The average Bonchev–Trinajstić information content (AvgIpc) is 3.77. The first kappa shape index (κ1) is 42.5. The summed E-state index contributed by atoms with van der Waals surface area (Å²) < 4.78 is 55.0. The maximum Gasteiger partial charge on any atom is 0.573 e. The molecule has 0 radical (unpaired) electrons. The molecule has 4 aliphatic carbocycles. The van der Waals surface area contributed by atoms with Gasteiger partial charge in [0.25, 0.3) is 0 Å². The molecule has 4 aliphatic rings. The maximum absolute atomic E-state index is 14.5. The van der Waals surface area contributed by atoms with Crippen LogP contribution in [-0.4, -0.2) is 57.7 Å². The molecule has 0 aliphatic heterocycles. The minimum atomic E-state index is -4.84. The van der Waals surface area contributed by atoms with Crippen molar-refractivity contribution in [3.05, 3.63) is 101 Å². The van der Waals surface area contributed by atoms with Gasteiger partial charge >= 0.3 is 12.5 Å². The minimum absolute atomic E-state index is 0.0128. The Bertz CT molecular complexity index is 1870. The number of aliphatic hydroxyl groups is 2. The van der Waals surface area contributed by atoms with Gasteiger partial charge < -0.3 is 29.0 Å². The number of ether oxygens (including phenoxy) is 2. The average molecular weight is 794 g/mol. The summed E-state index contributed by atoms with van der Waals surface area (Å²) in [6.45, 7) is 10.4. The highest BCUT2D eigenvalue weighted by Gasteiger charge is 2.58. The van der Waals surface area contributed by atoms with Gasteiger partial charge in [0.2, 0.25) is 5.78 Å². The van der Waals surface area contributed by atoms with E-state index in [2.05, 4.69) is 31.6 Å². The predicted octanol–water partition coefficient (Wildman–Crippen LogP) is 10.5. The number of carbonyl (C=O) groups excluding carboxylic acids is 2. The summed E-state index contributed by atoms with van der Waals surface area (Å²) in [6.07, 6.45) is 3.65. The molecular weight excluding hydrogens is 735 g/mol. The van der Waals surface area contributed by atoms with Gasteiger partial charge in [0.15, 0.2) is 5.76 Å². The number of halogens is 3. The van der Waals surface area contributed by atoms with Crippen molar-refractivity contribution >= 4 is 11.9 Å². The van der Waals surface area contributed by atoms with E-state index in [1.165, 1.54) is 35.4 Å². The molecule has 7 atom stereocenters. The monoisotopic (exact) mass is 793 g/mol. The number of allylic oxidation sites excluding steroid dienone is 2. The Morgan fingerprint density at radius 1 is 1.04 bits per heavy atom. The first-order valence-electron chi connectivity index (χ1n) is 20.5. The molecular formula is C46H58F3NO7. The van der Waals surface area contributed by atoms with Gasteiger partial charge in [-0.1, -0.05) is 70.0 Å². The minimum Gasteiger partial charge on any atom is -0.461 e. The van der Waals surface area contributed by atoms with Crippen LogP contribution < -0.4 is 4.74 Å². The van der Waals surface area contributed by atoms with Gasteiger partial charge in [0.1, 0.15) is 11.9 Å². The highest BCUT2D eigenvalue weighted by molar-refractivity contribution is 6.08. The van der Waals surface area contributed by atoms with Crippen LogP contribution in [0.5, 0.6) is 5.75 Å². The third kappa shape index (κ3) is 9.97. The van der Waals surface area contributed by atoms with E-state index in [0.717, 1.165) is 36.0 Å². The van der Waals surface area contributed by atoms with Gasteiger partial charge in [-0.2, -0.15) is 0 Å². The van der Waals surface area contributed by atoms with Crippen molar-refractivity contribution in [3.8, 4) is 5.75 Å². The van der Waals surface area contributed by atoms with Gasteiger partial charge in [-0.15, -0.1) is 13.2 Å². The molecule has 7 unspecified atom stereocenters. The van der Waals surface area contributed by atoms with Crippen LogP contribution in [0.1, 0.15) is 131 Å². The van der Waals surface area contributed by atoms with Crippen molar-refractivity contribution in [3.63, 3.8) is 0 Å². The van der Waals surface area contributed by atoms with Gasteiger partial charge in [-0.25, -0.2) is 4.79 Å². The van der Waals surface area contributed by atoms with Crippen LogP contribution in [0.25, 0.3) is 0 Å². The Morgan fingerprint density at radius 2 is 1.79 bits per heavy atom. The van der Waals surface area contributed by atoms with E-state index in [4.69, 9.17) is 9.15 Å². The van der Waals surface area contributed by atoms with E-state index in [0.29, 0.717) is 62.0 Å². The van der Waals surface area contributed by atoms with E-state index in [9.17, 15) is 33.0 Å². The molecule has 2 aromatic carbocycles. The fourth-order valence-electron chi connectivity index (χ4n) is 9.71. The molecule has 2 N–H and O–H groups in total. The van der Waals surface area contributed by atoms with Crippen LogP contribution in [0.3, 0.4) is 0 Å². The molecule has 1 aromatic heterocycles. The first-order valence-corrected chi connectivity index (χ1v) is 20.5. The lowest BCUT2D eigenvalue weighted by molar-refractivity contribution is -0.274. The Morgan fingerprint density at radius 3 is 2.47 bits per heavy atom. The third-order valence-corrected chi connectivity index (χ3v) is 13.1. The third-order valence-electron chi connectivity index (χ3n) is 13.1. The predicted molar refractivity (Wildman–Crippen MR) is 211 cm³/mol. The van der Waals surface area contributed by atoms with Crippen molar-refractivity contribution in [2.45, 2.75) is 135 Å². The molecule has 1 amide bonds. The summed E-state index contributed by atoms with van der Waals surface area (Å²) in [4.78, 5) is 30.1. The summed E-state index contributed by atoms with van der Waals surface area (Å²) in [5.41, 5.74) is 1.45. The number of ketones is 1. The zero-order valence-corrected chi connectivity index (χ0v) is 33.8. The van der Waals surface area contributed by atoms with Gasteiger partial charge in [-0.3, -0.25) is 4.79 Å². The second-order valence-corrected chi connectivity index (χ2v) is 17.6. The second-order valence-electron chi connectivity index (χ2n) is 17.6. The molecule has 310 valence electrons. The lowest BCUT2D eigenvalue weighted by atomic mass is 9.64. The number of furan rings is 1. The highest BCUT2D eigenvalue weighted by atomic mass is 19.4. The second kappa shape index (κ2) is 17.4. The Kier molecular flexibility index (Phi) is 13.0. The van der Waals surface area contributed by atoms with Crippen LogP contribution in [0.4, 0.5) is 18.0 Å². The number of amides is 1. The van der Waals surface area contributed by atoms with Crippen molar-refractivity contribution in [2.75, 3.05) is 6.54 Å². The van der Waals surface area contributed by atoms with Crippen molar-refractivity contribution in [1.82, 2.24) is 4.90 Å². The topological polar surface area (TPSA) is 109 Å². The molecule has 11 heteroatoms. The fraction of sp³-hybridized carbons (Fsp3) is 0.565. The molecule has 2 bridgehead atoms. The van der Waals surface area contributed by atoms with Gasteiger partial charge in [0.05, 0.1) is 24.5 Å².